The van der Waals surface area contributed by atoms with Gasteiger partial charge in [0.25, 0.3) is 0 Å². The van der Waals surface area contributed by atoms with Gasteiger partial charge in [-0.05, 0) is 83.1 Å². The first-order chi connectivity index (χ1) is 12.3. The van der Waals surface area contributed by atoms with Crippen LogP contribution in [0, 0.1) is 0 Å². The average molecular weight is 407 g/mol. The smallest absolute Gasteiger partial charge is 0.431 e. The first-order valence-corrected chi connectivity index (χ1v) is 9.91. The van der Waals surface area contributed by atoms with Crippen molar-refractivity contribution >= 4 is 6.16 Å². The normalized spacial score (nSPS) is 15.9. The van der Waals surface area contributed by atoms with Gasteiger partial charge in [0.1, 0.15) is 23.4 Å². The first kappa shape index (κ1) is 27.1. The molecule has 0 saturated carbocycles. The van der Waals surface area contributed by atoms with Crippen molar-refractivity contribution in [2.24, 2.45) is 0 Å². The Balaban J connectivity index is 4.40. The zero-order chi connectivity index (χ0) is 22.4. The predicted molar refractivity (Wildman–Crippen MR) is 108 cm³/mol. The summed E-state index contributed by atoms with van der Waals surface area (Å²) in [5.41, 5.74) is -2.06. The Morgan fingerprint density at radius 1 is 0.607 bits per heavy atom. The van der Waals surface area contributed by atoms with Gasteiger partial charge >= 0.3 is 6.16 Å². The molecule has 2 unspecified atom stereocenters. The fraction of sp³-hybridized carbons (Fsp3) is 0.952. The quantitative estimate of drug-likeness (QED) is 0.260. The lowest BCUT2D eigenvalue weighted by molar-refractivity contribution is -0.400. The van der Waals surface area contributed by atoms with E-state index in [1.807, 2.05) is 69.2 Å². The van der Waals surface area contributed by atoms with E-state index in [-0.39, 0.29) is 0 Å². The van der Waals surface area contributed by atoms with Crippen molar-refractivity contribution in [2.45, 2.75) is 131 Å². The number of rotatable bonds is 10. The van der Waals surface area contributed by atoms with Crippen LogP contribution in [-0.2, 0) is 29.0 Å². The summed E-state index contributed by atoms with van der Waals surface area (Å²) in [4.78, 5) is 33.8. The molecular weight excluding hydrogens is 364 g/mol. The van der Waals surface area contributed by atoms with Crippen LogP contribution in [0.5, 0.6) is 0 Å². The van der Waals surface area contributed by atoms with Crippen molar-refractivity contribution in [1.82, 2.24) is 0 Å². The van der Waals surface area contributed by atoms with Gasteiger partial charge < -0.3 is 9.47 Å². The Morgan fingerprint density at radius 2 is 0.893 bits per heavy atom. The Bertz CT molecular complexity index is 430. The number of hydrogen-bond acceptors (Lipinski definition) is 7. The molecule has 0 aliphatic carbocycles. The fourth-order valence-corrected chi connectivity index (χ4v) is 2.37. The Hall–Kier alpha value is -0.890. The molecule has 0 fully saturated rings. The van der Waals surface area contributed by atoms with E-state index in [4.69, 9.17) is 29.0 Å². The molecule has 0 amide bonds. The molecule has 0 heterocycles. The molecule has 28 heavy (non-hydrogen) atoms. The van der Waals surface area contributed by atoms with E-state index in [0.717, 1.165) is 0 Å². The third kappa shape index (κ3) is 15.1. The molecule has 0 bridgehead atoms. The van der Waals surface area contributed by atoms with Crippen LogP contribution in [0.25, 0.3) is 0 Å². The minimum absolute atomic E-state index is 0.397. The topological polar surface area (TPSA) is 72.5 Å². The van der Waals surface area contributed by atoms with E-state index < -0.39 is 40.8 Å². The maximum Gasteiger partial charge on any atom is 0.508 e. The second-order valence-corrected chi connectivity index (χ2v) is 10.6. The summed E-state index contributed by atoms with van der Waals surface area (Å²) < 4.78 is 10.7. The van der Waals surface area contributed by atoms with Gasteiger partial charge in [-0.15, -0.1) is 0 Å². The van der Waals surface area contributed by atoms with Crippen LogP contribution in [0.4, 0.5) is 4.79 Å². The van der Waals surface area contributed by atoms with Crippen LogP contribution in [-0.4, -0.2) is 40.8 Å². The minimum atomic E-state index is -0.722. The highest BCUT2D eigenvalue weighted by Gasteiger charge is 2.30. The zero-order valence-corrected chi connectivity index (χ0v) is 19.9. The number of ether oxygens (including phenoxy) is 2. The van der Waals surface area contributed by atoms with Crippen LogP contribution in [0.1, 0.15) is 95.9 Å². The highest BCUT2D eigenvalue weighted by Crippen LogP contribution is 2.24. The monoisotopic (exact) mass is 406 g/mol. The second kappa shape index (κ2) is 10.2. The van der Waals surface area contributed by atoms with E-state index in [1.165, 1.54) is 0 Å². The Labute approximate surface area is 171 Å². The van der Waals surface area contributed by atoms with Crippen LogP contribution in [0.15, 0.2) is 0 Å². The molecule has 7 heteroatoms. The third-order valence-electron chi connectivity index (χ3n) is 3.19. The Kier molecular flexibility index (Phi) is 9.91. The van der Waals surface area contributed by atoms with E-state index in [2.05, 4.69) is 0 Å². The Morgan fingerprint density at radius 3 is 1.14 bits per heavy atom. The number of carbonyl (C=O) groups is 1. The lowest BCUT2D eigenvalue weighted by Gasteiger charge is -2.31. The van der Waals surface area contributed by atoms with Gasteiger partial charge in [0.15, 0.2) is 0 Å². The second-order valence-electron chi connectivity index (χ2n) is 10.6. The molecule has 0 saturated heterocycles. The SMILES string of the molecule is CC(CC(C)(C)OOC(C)(C)C)OC(=O)OC(C)CC(C)(C)OOC(C)(C)C. The molecule has 0 aromatic carbocycles. The van der Waals surface area contributed by atoms with Crippen molar-refractivity contribution < 1.29 is 33.8 Å². The van der Waals surface area contributed by atoms with Crippen molar-refractivity contribution in [3.05, 3.63) is 0 Å². The highest BCUT2D eigenvalue weighted by atomic mass is 17.2. The molecule has 0 aliphatic rings. The van der Waals surface area contributed by atoms with Gasteiger partial charge in [0.2, 0.25) is 0 Å². The molecule has 2 atom stereocenters. The van der Waals surface area contributed by atoms with Gasteiger partial charge in [0, 0.05) is 12.8 Å². The van der Waals surface area contributed by atoms with Crippen molar-refractivity contribution in [3.63, 3.8) is 0 Å². The largest absolute Gasteiger partial charge is 0.508 e. The summed E-state index contributed by atoms with van der Waals surface area (Å²) in [5.74, 6) is 0. The van der Waals surface area contributed by atoms with E-state index in [1.54, 1.807) is 13.8 Å². The maximum absolute atomic E-state index is 12.1. The molecule has 7 nitrogen and oxygen atoms in total. The number of hydrogen-bond donors (Lipinski definition) is 0. The standard InChI is InChI=1S/C21H42O7/c1-15(13-20(9,10)27-25-18(3,4)5)23-17(22)24-16(2)14-21(11,12)28-26-19(6,7)8/h15-16H,13-14H2,1-12H3. The zero-order valence-electron chi connectivity index (χ0n) is 19.9. The number of carbonyl (C=O) groups excluding carboxylic acids is 1. The highest BCUT2D eigenvalue weighted by molar-refractivity contribution is 5.60. The van der Waals surface area contributed by atoms with Gasteiger partial charge in [-0.25, -0.2) is 24.3 Å². The van der Waals surface area contributed by atoms with Crippen LogP contribution in [0.3, 0.4) is 0 Å². The average Bonchev–Trinajstić information content (AvgIpc) is 2.40. The molecule has 168 valence electrons. The van der Waals surface area contributed by atoms with Crippen LogP contribution >= 0.6 is 0 Å². The van der Waals surface area contributed by atoms with Gasteiger partial charge in [-0.3, -0.25) is 0 Å². The van der Waals surface area contributed by atoms with Gasteiger partial charge in [-0.1, -0.05) is 0 Å². The van der Waals surface area contributed by atoms with E-state index in [9.17, 15) is 4.79 Å². The fourth-order valence-electron chi connectivity index (χ4n) is 2.37. The van der Waals surface area contributed by atoms with E-state index in [0.29, 0.717) is 12.8 Å². The lowest BCUT2D eigenvalue weighted by atomic mass is 10.0. The summed E-state index contributed by atoms with van der Waals surface area (Å²) in [7, 11) is 0. The van der Waals surface area contributed by atoms with Crippen LogP contribution < -0.4 is 0 Å². The van der Waals surface area contributed by atoms with Gasteiger partial charge in [-0.2, -0.15) is 0 Å². The first-order valence-electron chi connectivity index (χ1n) is 9.91. The molecule has 0 aromatic rings. The molecule has 0 aromatic heterocycles. The van der Waals surface area contributed by atoms with E-state index >= 15 is 0 Å². The molecular formula is C21H42O7. The van der Waals surface area contributed by atoms with Gasteiger partial charge in [0.05, 0.1) is 11.2 Å². The molecule has 0 radical (unpaired) electrons. The molecule has 0 spiro atoms. The van der Waals surface area contributed by atoms with Crippen molar-refractivity contribution in [2.75, 3.05) is 0 Å². The van der Waals surface area contributed by atoms with Crippen LogP contribution in [0.2, 0.25) is 0 Å². The van der Waals surface area contributed by atoms with Crippen molar-refractivity contribution in [1.29, 1.82) is 0 Å². The predicted octanol–water partition coefficient (Wildman–Crippen LogP) is 5.75. The summed E-state index contributed by atoms with van der Waals surface area (Å²) >= 11 is 0. The molecule has 0 rings (SSSR count). The summed E-state index contributed by atoms with van der Waals surface area (Å²) in [6.07, 6.45) is -0.597. The van der Waals surface area contributed by atoms with Crippen molar-refractivity contribution in [3.8, 4) is 0 Å². The molecule has 0 aliphatic heterocycles. The summed E-state index contributed by atoms with van der Waals surface area (Å²) in [6.45, 7) is 22.5. The minimum Gasteiger partial charge on any atom is -0.431 e. The summed E-state index contributed by atoms with van der Waals surface area (Å²) in [5, 5.41) is 0. The maximum atomic E-state index is 12.1. The summed E-state index contributed by atoms with van der Waals surface area (Å²) in [6, 6.07) is 0. The molecule has 0 N–H and O–H groups in total. The lowest BCUT2D eigenvalue weighted by Crippen LogP contribution is -2.36. The third-order valence-corrected chi connectivity index (χ3v) is 3.19.